The molecule has 0 spiro atoms. The van der Waals surface area contributed by atoms with Crippen molar-refractivity contribution in [1.29, 1.82) is 0 Å². The molecule has 4 nitrogen and oxygen atoms in total. The maximum atomic E-state index is 13.0. The van der Waals surface area contributed by atoms with Gasteiger partial charge in [-0.15, -0.1) is 0 Å². The van der Waals surface area contributed by atoms with Gasteiger partial charge in [0.15, 0.2) is 11.6 Å². The summed E-state index contributed by atoms with van der Waals surface area (Å²) in [6.07, 6.45) is -0.473. The molecule has 0 aromatic heterocycles. The van der Waals surface area contributed by atoms with Gasteiger partial charge in [0, 0.05) is 5.56 Å². The van der Waals surface area contributed by atoms with Crippen molar-refractivity contribution in [1.82, 2.24) is 0 Å². The fourth-order valence-corrected chi connectivity index (χ4v) is 0.921. The van der Waals surface area contributed by atoms with Crippen molar-refractivity contribution in [3.8, 4) is 5.75 Å². The largest absolute Gasteiger partial charge is 0.503 e. The lowest BCUT2D eigenvalue weighted by Gasteiger charge is -2.03. The molecule has 0 bridgehead atoms. The Morgan fingerprint density at radius 3 is 2.69 bits per heavy atom. The maximum Gasteiger partial charge on any atom is 0.307 e. The van der Waals surface area contributed by atoms with Gasteiger partial charge in [-0.1, -0.05) is 6.07 Å². The maximum absolute atomic E-state index is 13.0. The molecule has 0 heterocycles. The first kappa shape index (κ1) is 9.31. The van der Waals surface area contributed by atoms with Crippen LogP contribution in [0.4, 0.5) is 10.1 Å². The number of hydrogen-bond acceptors (Lipinski definition) is 3. The van der Waals surface area contributed by atoms with Gasteiger partial charge in [0.25, 0.3) is 0 Å². The Morgan fingerprint density at radius 1 is 1.54 bits per heavy atom. The van der Waals surface area contributed by atoms with E-state index in [1.807, 2.05) is 0 Å². The van der Waals surface area contributed by atoms with Crippen LogP contribution in [0.3, 0.4) is 0 Å². The second kappa shape index (κ2) is 3.30. The zero-order chi connectivity index (χ0) is 10.0. The van der Waals surface area contributed by atoms with Gasteiger partial charge in [-0.25, -0.2) is 4.39 Å². The van der Waals surface area contributed by atoms with Crippen LogP contribution in [0.5, 0.6) is 5.75 Å². The first-order chi connectivity index (χ1) is 6.02. The van der Waals surface area contributed by atoms with Crippen LogP contribution in [0, 0.1) is 5.82 Å². The molecular formula is C8H8FNO3. The van der Waals surface area contributed by atoms with E-state index in [0.29, 0.717) is 0 Å². The normalized spacial score (nSPS) is 9.92. The Labute approximate surface area is 73.4 Å². The van der Waals surface area contributed by atoms with Crippen molar-refractivity contribution in [2.75, 3.05) is 5.73 Å². The molecular weight excluding hydrogens is 177 g/mol. The Morgan fingerprint density at radius 2 is 2.15 bits per heavy atom. The van der Waals surface area contributed by atoms with Gasteiger partial charge in [-0.3, -0.25) is 4.79 Å². The number of rotatable bonds is 2. The van der Waals surface area contributed by atoms with E-state index in [9.17, 15) is 9.18 Å². The molecule has 4 N–H and O–H groups in total. The van der Waals surface area contributed by atoms with Crippen LogP contribution in [0.15, 0.2) is 12.1 Å². The Hall–Kier alpha value is -1.78. The highest BCUT2D eigenvalue weighted by molar-refractivity contribution is 5.71. The van der Waals surface area contributed by atoms with E-state index in [4.69, 9.17) is 15.9 Å². The van der Waals surface area contributed by atoms with E-state index in [0.717, 1.165) is 0 Å². The Bertz CT molecular complexity index is 351. The number of nitrogens with two attached hydrogens (primary N) is 1. The van der Waals surface area contributed by atoms with E-state index in [2.05, 4.69) is 0 Å². The second-order valence-electron chi connectivity index (χ2n) is 2.55. The standard InChI is InChI=1S/C8H8FNO3/c9-7-4(3-6(11)12)1-2-5(10)8(7)13/h1-2,13H,3,10H2,(H,11,12). The molecule has 1 aromatic rings. The van der Waals surface area contributed by atoms with Gasteiger partial charge in [-0.2, -0.15) is 0 Å². The van der Waals surface area contributed by atoms with Gasteiger partial charge in [-0.05, 0) is 6.07 Å². The summed E-state index contributed by atoms with van der Waals surface area (Å²) in [5.41, 5.74) is 4.99. The van der Waals surface area contributed by atoms with Gasteiger partial charge >= 0.3 is 5.97 Å². The van der Waals surface area contributed by atoms with Crippen molar-refractivity contribution in [2.24, 2.45) is 0 Å². The number of nitrogen functional groups attached to an aromatic ring is 1. The third kappa shape index (κ3) is 1.87. The molecule has 0 fully saturated rings. The number of aromatic hydroxyl groups is 1. The van der Waals surface area contributed by atoms with Crippen LogP contribution in [-0.2, 0) is 11.2 Å². The molecule has 0 radical (unpaired) electrons. The van der Waals surface area contributed by atoms with Crippen LogP contribution >= 0.6 is 0 Å². The van der Waals surface area contributed by atoms with Gasteiger partial charge in [0.2, 0.25) is 0 Å². The van der Waals surface area contributed by atoms with Crippen LogP contribution in [-0.4, -0.2) is 16.2 Å². The fraction of sp³-hybridized carbons (Fsp3) is 0.125. The number of phenolic OH excluding ortho intramolecular Hbond substituents is 1. The number of halogens is 1. The molecule has 0 aliphatic carbocycles. The molecule has 0 saturated heterocycles. The summed E-state index contributed by atoms with van der Waals surface area (Å²) >= 11 is 0. The lowest BCUT2D eigenvalue weighted by molar-refractivity contribution is -0.136. The Kier molecular flexibility index (Phi) is 2.36. The minimum absolute atomic E-state index is 0.0841. The SMILES string of the molecule is Nc1ccc(CC(=O)O)c(F)c1O. The summed E-state index contributed by atoms with van der Waals surface area (Å²) in [4.78, 5) is 10.2. The average molecular weight is 185 g/mol. The fourth-order valence-electron chi connectivity index (χ4n) is 0.921. The quantitative estimate of drug-likeness (QED) is 0.468. The predicted molar refractivity (Wildman–Crippen MR) is 43.8 cm³/mol. The number of anilines is 1. The van der Waals surface area contributed by atoms with Crippen LogP contribution < -0.4 is 5.73 Å². The lowest BCUT2D eigenvalue weighted by Crippen LogP contribution is -2.03. The van der Waals surface area contributed by atoms with Crippen LogP contribution in [0.25, 0.3) is 0 Å². The van der Waals surface area contributed by atoms with E-state index in [1.165, 1.54) is 12.1 Å². The smallest absolute Gasteiger partial charge is 0.307 e. The highest BCUT2D eigenvalue weighted by Crippen LogP contribution is 2.26. The van der Waals surface area contributed by atoms with Gasteiger partial charge in [0.1, 0.15) is 0 Å². The van der Waals surface area contributed by atoms with Gasteiger partial charge in [0.05, 0.1) is 12.1 Å². The topological polar surface area (TPSA) is 83.6 Å². The van der Waals surface area contributed by atoms with Gasteiger partial charge < -0.3 is 15.9 Å². The van der Waals surface area contributed by atoms with E-state index in [1.54, 1.807) is 0 Å². The Balaban J connectivity index is 3.10. The minimum atomic E-state index is -1.16. The lowest BCUT2D eigenvalue weighted by atomic mass is 10.1. The van der Waals surface area contributed by atoms with Crippen molar-refractivity contribution in [3.05, 3.63) is 23.5 Å². The summed E-state index contributed by atoms with van der Waals surface area (Å²) < 4.78 is 13.0. The summed E-state index contributed by atoms with van der Waals surface area (Å²) in [5, 5.41) is 17.4. The van der Waals surface area contributed by atoms with E-state index < -0.39 is 24.0 Å². The molecule has 1 rings (SSSR count). The third-order valence-electron chi connectivity index (χ3n) is 1.57. The molecule has 0 amide bonds. The molecule has 5 heteroatoms. The number of carboxylic acids is 1. The molecule has 0 aliphatic heterocycles. The number of benzene rings is 1. The first-order valence-electron chi connectivity index (χ1n) is 3.50. The zero-order valence-electron chi connectivity index (χ0n) is 6.62. The van der Waals surface area contributed by atoms with E-state index >= 15 is 0 Å². The predicted octanol–water partition coefficient (Wildman–Crippen LogP) is 0.741. The van der Waals surface area contributed by atoms with Crippen molar-refractivity contribution >= 4 is 11.7 Å². The van der Waals surface area contributed by atoms with Crippen LogP contribution in [0.2, 0.25) is 0 Å². The number of carbonyl (C=O) groups is 1. The molecule has 1 aromatic carbocycles. The van der Waals surface area contributed by atoms with Crippen molar-refractivity contribution < 1.29 is 19.4 Å². The number of hydrogen-bond donors (Lipinski definition) is 3. The molecule has 0 aliphatic rings. The monoisotopic (exact) mass is 185 g/mol. The number of aliphatic carboxylic acids is 1. The minimum Gasteiger partial charge on any atom is -0.503 e. The molecule has 13 heavy (non-hydrogen) atoms. The van der Waals surface area contributed by atoms with Crippen molar-refractivity contribution in [2.45, 2.75) is 6.42 Å². The first-order valence-corrected chi connectivity index (χ1v) is 3.50. The highest BCUT2D eigenvalue weighted by atomic mass is 19.1. The summed E-state index contributed by atoms with van der Waals surface area (Å²) in [5.74, 6) is -2.83. The van der Waals surface area contributed by atoms with E-state index in [-0.39, 0.29) is 11.3 Å². The summed E-state index contributed by atoms with van der Waals surface area (Å²) in [6.45, 7) is 0. The molecule has 0 saturated carbocycles. The number of phenols is 1. The zero-order valence-corrected chi connectivity index (χ0v) is 6.62. The molecule has 70 valence electrons. The second-order valence-corrected chi connectivity index (χ2v) is 2.55. The average Bonchev–Trinajstić information content (AvgIpc) is 2.06. The van der Waals surface area contributed by atoms with Crippen LogP contribution in [0.1, 0.15) is 5.56 Å². The molecule has 0 unspecified atom stereocenters. The van der Waals surface area contributed by atoms with Crippen molar-refractivity contribution in [3.63, 3.8) is 0 Å². The number of carboxylic acid groups (broad SMARTS) is 1. The summed E-state index contributed by atoms with van der Waals surface area (Å²) in [6, 6.07) is 2.50. The summed E-state index contributed by atoms with van der Waals surface area (Å²) in [7, 11) is 0. The third-order valence-corrected chi connectivity index (χ3v) is 1.57. The molecule has 0 atom stereocenters. The highest BCUT2D eigenvalue weighted by Gasteiger charge is 2.12.